The molecule has 0 saturated carbocycles. The van der Waals surface area contributed by atoms with Crippen LogP contribution in [0.2, 0.25) is 0 Å². The Balaban J connectivity index is 3.82. The van der Waals surface area contributed by atoms with E-state index in [9.17, 15) is 0 Å². The van der Waals surface area contributed by atoms with Crippen LogP contribution in [-0.4, -0.2) is 16.1 Å². The van der Waals surface area contributed by atoms with Gasteiger partial charge in [0.25, 0.3) is 0 Å². The molecule has 0 amide bonds. The van der Waals surface area contributed by atoms with E-state index in [1.807, 2.05) is 0 Å². The molecule has 0 aromatic rings. The van der Waals surface area contributed by atoms with Crippen LogP contribution < -0.4 is 0 Å². The molecule has 2 heteroatoms. The monoisotopic (exact) mass is 146 g/mol. The SMILES string of the molecule is CCC(CC)(CC)O[SiH3]. The van der Waals surface area contributed by atoms with E-state index in [-0.39, 0.29) is 5.60 Å². The van der Waals surface area contributed by atoms with Crippen molar-refractivity contribution in [2.45, 2.75) is 45.6 Å². The van der Waals surface area contributed by atoms with Gasteiger partial charge in [0.05, 0.1) is 5.60 Å². The molecule has 0 saturated heterocycles. The van der Waals surface area contributed by atoms with Crippen molar-refractivity contribution < 1.29 is 4.43 Å². The Bertz CT molecular complexity index is 51.8. The Morgan fingerprint density at radius 3 is 1.44 bits per heavy atom. The molecule has 0 heterocycles. The number of rotatable bonds is 4. The first-order chi connectivity index (χ1) is 4.24. The second-order valence-corrected chi connectivity index (χ2v) is 2.86. The highest BCUT2D eigenvalue weighted by Gasteiger charge is 2.20. The molecule has 0 rings (SSSR count). The lowest BCUT2D eigenvalue weighted by atomic mass is 9.95. The molecular weight excluding hydrogens is 128 g/mol. The Morgan fingerprint density at radius 1 is 1.11 bits per heavy atom. The molecule has 0 atom stereocenters. The van der Waals surface area contributed by atoms with Crippen molar-refractivity contribution in [1.29, 1.82) is 0 Å². The number of hydrogen-bond acceptors (Lipinski definition) is 1. The molecular formula is C7H18OSi. The second kappa shape index (κ2) is 4.07. The average molecular weight is 146 g/mol. The molecule has 1 nitrogen and oxygen atoms in total. The molecule has 0 unspecified atom stereocenters. The van der Waals surface area contributed by atoms with E-state index in [0.717, 1.165) is 29.7 Å². The summed E-state index contributed by atoms with van der Waals surface area (Å²) in [4.78, 5) is 0. The van der Waals surface area contributed by atoms with E-state index in [0.29, 0.717) is 0 Å². The third-order valence-electron chi connectivity index (χ3n) is 2.37. The molecule has 0 aliphatic heterocycles. The Labute approximate surface area is 61.3 Å². The lowest BCUT2D eigenvalue weighted by Crippen LogP contribution is -2.28. The largest absolute Gasteiger partial charge is 0.423 e. The molecule has 0 aliphatic rings. The highest BCUT2D eigenvalue weighted by atomic mass is 28.2. The predicted octanol–water partition coefficient (Wildman–Crippen LogP) is 1.25. The van der Waals surface area contributed by atoms with E-state index >= 15 is 0 Å². The molecule has 0 bridgehead atoms. The van der Waals surface area contributed by atoms with Crippen molar-refractivity contribution in [3.63, 3.8) is 0 Å². The Kier molecular flexibility index (Phi) is 4.15. The minimum Gasteiger partial charge on any atom is -0.423 e. The summed E-state index contributed by atoms with van der Waals surface area (Å²) >= 11 is 0. The third kappa shape index (κ3) is 2.10. The van der Waals surface area contributed by atoms with Crippen LogP contribution in [0, 0.1) is 0 Å². The molecule has 0 aliphatic carbocycles. The highest BCUT2D eigenvalue weighted by molar-refractivity contribution is 5.98. The summed E-state index contributed by atoms with van der Waals surface area (Å²) in [5.74, 6) is 0. The van der Waals surface area contributed by atoms with Crippen LogP contribution in [0.15, 0.2) is 0 Å². The van der Waals surface area contributed by atoms with Crippen LogP contribution in [0.3, 0.4) is 0 Å². The zero-order valence-corrected chi connectivity index (χ0v) is 9.03. The van der Waals surface area contributed by atoms with Crippen molar-refractivity contribution in [3.05, 3.63) is 0 Å². The molecule has 9 heavy (non-hydrogen) atoms. The second-order valence-electron chi connectivity index (χ2n) is 2.45. The van der Waals surface area contributed by atoms with Crippen LogP contribution in [0.25, 0.3) is 0 Å². The van der Waals surface area contributed by atoms with Crippen molar-refractivity contribution in [3.8, 4) is 0 Å². The zero-order chi connectivity index (χ0) is 7.33. The van der Waals surface area contributed by atoms with E-state index in [1.165, 1.54) is 0 Å². The fraction of sp³-hybridized carbons (Fsp3) is 1.00. The number of hydrogen-bond donors (Lipinski definition) is 0. The predicted molar refractivity (Wildman–Crippen MR) is 44.6 cm³/mol. The van der Waals surface area contributed by atoms with Gasteiger partial charge in [0.2, 0.25) is 0 Å². The first-order valence-corrected chi connectivity index (χ1v) is 4.61. The van der Waals surface area contributed by atoms with Crippen LogP contribution in [-0.2, 0) is 4.43 Å². The summed E-state index contributed by atoms with van der Waals surface area (Å²) in [7, 11) is 0.875. The van der Waals surface area contributed by atoms with Gasteiger partial charge in [0.1, 0.15) is 10.5 Å². The van der Waals surface area contributed by atoms with Gasteiger partial charge in [0.15, 0.2) is 0 Å². The summed E-state index contributed by atoms with van der Waals surface area (Å²) < 4.78 is 5.52. The minimum absolute atomic E-state index is 0.228. The smallest absolute Gasteiger partial charge is 0.146 e. The maximum Gasteiger partial charge on any atom is 0.146 e. The van der Waals surface area contributed by atoms with Gasteiger partial charge in [-0.25, -0.2) is 0 Å². The van der Waals surface area contributed by atoms with E-state index < -0.39 is 0 Å². The lowest BCUT2D eigenvalue weighted by Gasteiger charge is -2.29. The third-order valence-corrected chi connectivity index (χ3v) is 3.23. The fourth-order valence-electron chi connectivity index (χ4n) is 1.18. The summed E-state index contributed by atoms with van der Waals surface area (Å²) in [6, 6.07) is 0. The van der Waals surface area contributed by atoms with Crippen LogP contribution >= 0.6 is 0 Å². The molecule has 0 aromatic carbocycles. The van der Waals surface area contributed by atoms with E-state index in [4.69, 9.17) is 4.43 Å². The van der Waals surface area contributed by atoms with Crippen LogP contribution in [0.5, 0.6) is 0 Å². The van der Waals surface area contributed by atoms with Gasteiger partial charge in [0, 0.05) is 0 Å². The molecule has 0 spiro atoms. The van der Waals surface area contributed by atoms with Gasteiger partial charge < -0.3 is 4.43 Å². The molecule has 0 aromatic heterocycles. The van der Waals surface area contributed by atoms with Crippen LogP contribution in [0.4, 0.5) is 0 Å². The summed E-state index contributed by atoms with van der Waals surface area (Å²) in [5.41, 5.74) is 0.228. The highest BCUT2D eigenvalue weighted by Crippen LogP contribution is 2.22. The first kappa shape index (κ1) is 9.18. The fourth-order valence-corrected chi connectivity index (χ4v) is 2.05. The topological polar surface area (TPSA) is 9.23 Å². The van der Waals surface area contributed by atoms with Gasteiger partial charge >= 0.3 is 0 Å². The first-order valence-electron chi connectivity index (χ1n) is 3.79. The van der Waals surface area contributed by atoms with Crippen molar-refractivity contribution >= 4 is 10.5 Å². The average Bonchev–Trinajstić information content (AvgIpc) is 1.95. The molecule has 0 fully saturated rings. The molecule has 0 N–H and O–H groups in total. The minimum atomic E-state index is 0.228. The molecule has 0 radical (unpaired) electrons. The molecule has 56 valence electrons. The summed E-state index contributed by atoms with van der Waals surface area (Å²) in [6.07, 6.45) is 3.47. The van der Waals surface area contributed by atoms with Gasteiger partial charge in [-0.2, -0.15) is 0 Å². The maximum atomic E-state index is 5.52. The maximum absolute atomic E-state index is 5.52. The van der Waals surface area contributed by atoms with Crippen molar-refractivity contribution in [1.82, 2.24) is 0 Å². The Hall–Kier alpha value is 0.177. The van der Waals surface area contributed by atoms with Gasteiger partial charge in [-0.15, -0.1) is 0 Å². The standard InChI is InChI=1S/C7H18OSi/c1-4-7(5-2,6-3)8-9/h4-6H2,1-3,9H3. The van der Waals surface area contributed by atoms with Gasteiger partial charge in [-0.3, -0.25) is 0 Å². The van der Waals surface area contributed by atoms with Crippen molar-refractivity contribution in [2.24, 2.45) is 0 Å². The zero-order valence-electron chi connectivity index (χ0n) is 7.03. The lowest BCUT2D eigenvalue weighted by molar-refractivity contribution is 0.0668. The Morgan fingerprint density at radius 2 is 1.44 bits per heavy atom. The van der Waals surface area contributed by atoms with Gasteiger partial charge in [-0.05, 0) is 19.3 Å². The van der Waals surface area contributed by atoms with E-state index in [2.05, 4.69) is 20.8 Å². The quantitative estimate of drug-likeness (QED) is 0.542. The van der Waals surface area contributed by atoms with Crippen molar-refractivity contribution in [2.75, 3.05) is 0 Å². The normalized spacial score (nSPS) is 12.3. The summed E-state index contributed by atoms with van der Waals surface area (Å²) in [6.45, 7) is 6.60. The summed E-state index contributed by atoms with van der Waals surface area (Å²) in [5, 5.41) is 0. The van der Waals surface area contributed by atoms with E-state index in [1.54, 1.807) is 0 Å². The van der Waals surface area contributed by atoms with Crippen LogP contribution in [0.1, 0.15) is 40.0 Å². The van der Waals surface area contributed by atoms with Gasteiger partial charge in [-0.1, -0.05) is 20.8 Å².